The Morgan fingerprint density at radius 3 is 2.73 bits per heavy atom. The first-order valence-electron chi connectivity index (χ1n) is 7.22. The van der Waals surface area contributed by atoms with E-state index in [9.17, 15) is 15.0 Å². The molecule has 2 aliphatic rings. The normalized spacial score (nSPS) is 34.0. The third-order valence-electron chi connectivity index (χ3n) is 4.79. The number of hydrogen-bond acceptors (Lipinski definition) is 6. The number of aliphatic hydroxyl groups is 1. The molecule has 0 spiro atoms. The summed E-state index contributed by atoms with van der Waals surface area (Å²) in [5.41, 5.74) is 0.572. The van der Waals surface area contributed by atoms with E-state index in [1.165, 1.54) is 13.2 Å². The van der Waals surface area contributed by atoms with Crippen LogP contribution in [0, 0.1) is 11.8 Å². The van der Waals surface area contributed by atoms with Crippen LogP contribution in [0.15, 0.2) is 12.1 Å². The van der Waals surface area contributed by atoms with E-state index in [0.29, 0.717) is 17.7 Å². The number of ketones is 1. The van der Waals surface area contributed by atoms with Crippen LogP contribution < -0.4 is 4.74 Å². The Morgan fingerprint density at radius 1 is 1.36 bits per heavy atom. The van der Waals surface area contributed by atoms with Gasteiger partial charge in [-0.3, -0.25) is 4.79 Å². The minimum atomic E-state index is -0.878. The standard InChI is InChI=1S/C16H20O6/c1-16(21-3)6-10-11(7-22-16)15(19)13-9(14(10)18)4-8(20-2)5-12(13)17/h4-5,10-11,14,17-18H,6-7H2,1-3H3. The van der Waals surface area contributed by atoms with E-state index in [2.05, 4.69) is 0 Å². The number of phenols is 1. The SMILES string of the molecule is COc1cc(O)c2c(c1)C(O)C1CC(C)(OC)OCC1C2=O. The lowest BCUT2D eigenvalue weighted by atomic mass is 9.69. The second kappa shape index (κ2) is 5.22. The third kappa shape index (κ3) is 2.18. The summed E-state index contributed by atoms with van der Waals surface area (Å²) in [6.07, 6.45) is -0.476. The second-order valence-corrected chi connectivity index (χ2v) is 6.04. The van der Waals surface area contributed by atoms with Gasteiger partial charge in [-0.1, -0.05) is 0 Å². The first-order chi connectivity index (χ1) is 10.4. The fraction of sp³-hybridized carbons (Fsp3) is 0.562. The molecule has 3 rings (SSSR count). The van der Waals surface area contributed by atoms with Crippen LogP contribution in [0.25, 0.3) is 0 Å². The predicted molar refractivity (Wildman–Crippen MR) is 76.9 cm³/mol. The van der Waals surface area contributed by atoms with Gasteiger partial charge in [0.05, 0.1) is 31.3 Å². The highest BCUT2D eigenvalue weighted by Gasteiger charge is 2.50. The quantitative estimate of drug-likeness (QED) is 0.864. The smallest absolute Gasteiger partial charge is 0.172 e. The van der Waals surface area contributed by atoms with Crippen LogP contribution in [0.1, 0.15) is 35.4 Å². The van der Waals surface area contributed by atoms with E-state index in [1.807, 2.05) is 0 Å². The molecule has 1 heterocycles. The van der Waals surface area contributed by atoms with E-state index in [-0.39, 0.29) is 29.6 Å². The summed E-state index contributed by atoms with van der Waals surface area (Å²) in [4.78, 5) is 12.7. The van der Waals surface area contributed by atoms with Crippen molar-refractivity contribution in [2.24, 2.45) is 11.8 Å². The van der Waals surface area contributed by atoms with Crippen LogP contribution in [0.2, 0.25) is 0 Å². The molecular weight excluding hydrogens is 288 g/mol. The number of carbonyl (C=O) groups is 1. The lowest BCUT2D eigenvalue weighted by molar-refractivity contribution is -0.257. The molecule has 2 N–H and O–H groups in total. The molecule has 0 radical (unpaired) electrons. The molecule has 1 aliphatic carbocycles. The fourth-order valence-electron chi connectivity index (χ4n) is 3.42. The van der Waals surface area contributed by atoms with Crippen LogP contribution in [-0.2, 0) is 9.47 Å². The number of phenolic OH excluding ortho intramolecular Hbond substituents is 1. The van der Waals surface area contributed by atoms with Crippen molar-refractivity contribution in [3.63, 3.8) is 0 Å². The van der Waals surface area contributed by atoms with Crippen LogP contribution in [-0.4, -0.2) is 42.6 Å². The number of ether oxygens (including phenoxy) is 3. The number of Topliss-reactive ketones (excluding diaryl/α,β-unsaturated/α-hetero) is 1. The first-order valence-corrected chi connectivity index (χ1v) is 7.22. The van der Waals surface area contributed by atoms with Crippen molar-refractivity contribution < 1.29 is 29.2 Å². The van der Waals surface area contributed by atoms with Crippen molar-refractivity contribution in [3.8, 4) is 11.5 Å². The summed E-state index contributed by atoms with van der Waals surface area (Å²) in [6, 6.07) is 2.99. The minimum absolute atomic E-state index is 0.163. The van der Waals surface area contributed by atoms with Crippen molar-refractivity contribution in [3.05, 3.63) is 23.3 Å². The van der Waals surface area contributed by atoms with Crippen LogP contribution in [0.5, 0.6) is 11.5 Å². The zero-order chi connectivity index (χ0) is 16.1. The van der Waals surface area contributed by atoms with Gasteiger partial charge in [-0.05, 0) is 18.6 Å². The summed E-state index contributed by atoms with van der Waals surface area (Å²) in [6.45, 7) is 1.95. The maximum absolute atomic E-state index is 12.7. The summed E-state index contributed by atoms with van der Waals surface area (Å²) in [5, 5.41) is 20.8. The highest BCUT2D eigenvalue weighted by molar-refractivity contribution is 6.03. The number of hydrogen-bond donors (Lipinski definition) is 2. The molecule has 0 amide bonds. The van der Waals surface area contributed by atoms with Crippen molar-refractivity contribution in [1.82, 2.24) is 0 Å². The predicted octanol–water partition coefficient (Wildman–Crippen LogP) is 1.65. The Hall–Kier alpha value is -1.63. The van der Waals surface area contributed by atoms with Gasteiger partial charge in [-0.25, -0.2) is 0 Å². The molecule has 6 nitrogen and oxygen atoms in total. The van der Waals surface area contributed by atoms with Crippen molar-refractivity contribution in [2.45, 2.75) is 25.2 Å². The van der Waals surface area contributed by atoms with E-state index < -0.39 is 17.8 Å². The number of carbonyl (C=O) groups excluding carboxylic acids is 1. The number of rotatable bonds is 2. The molecule has 1 fully saturated rings. The number of methoxy groups -OCH3 is 2. The van der Waals surface area contributed by atoms with Crippen molar-refractivity contribution in [1.29, 1.82) is 0 Å². The maximum Gasteiger partial charge on any atom is 0.172 e. The Bertz CT molecular complexity index is 613. The van der Waals surface area contributed by atoms with E-state index in [0.717, 1.165) is 0 Å². The number of aliphatic hydroxyl groups excluding tert-OH is 1. The first kappa shape index (κ1) is 15.3. The molecular formula is C16H20O6. The van der Waals surface area contributed by atoms with Gasteiger partial charge in [0.1, 0.15) is 11.5 Å². The lowest BCUT2D eigenvalue weighted by Gasteiger charge is -2.45. The van der Waals surface area contributed by atoms with E-state index in [4.69, 9.17) is 14.2 Å². The van der Waals surface area contributed by atoms with Gasteiger partial charge in [0.25, 0.3) is 0 Å². The van der Waals surface area contributed by atoms with Gasteiger partial charge in [-0.2, -0.15) is 0 Å². The molecule has 1 aromatic rings. The number of fused-ring (bicyclic) bond motifs is 2. The summed E-state index contributed by atoms with van der Waals surface area (Å²) in [7, 11) is 3.01. The van der Waals surface area contributed by atoms with Crippen molar-refractivity contribution in [2.75, 3.05) is 20.8 Å². The fourth-order valence-corrected chi connectivity index (χ4v) is 3.42. The number of benzene rings is 1. The van der Waals surface area contributed by atoms with Crippen LogP contribution in [0.4, 0.5) is 0 Å². The zero-order valence-electron chi connectivity index (χ0n) is 12.8. The maximum atomic E-state index is 12.7. The average molecular weight is 308 g/mol. The zero-order valence-corrected chi connectivity index (χ0v) is 12.8. The molecule has 0 bridgehead atoms. The molecule has 1 aliphatic heterocycles. The third-order valence-corrected chi connectivity index (χ3v) is 4.79. The molecule has 1 aromatic carbocycles. The molecule has 4 atom stereocenters. The topological polar surface area (TPSA) is 85.2 Å². The van der Waals surface area contributed by atoms with E-state index >= 15 is 0 Å². The van der Waals surface area contributed by atoms with Gasteiger partial charge in [0, 0.05) is 25.5 Å². The van der Waals surface area contributed by atoms with Gasteiger partial charge >= 0.3 is 0 Å². The lowest BCUT2D eigenvalue weighted by Crippen LogP contribution is -2.49. The highest BCUT2D eigenvalue weighted by Crippen LogP contribution is 2.48. The molecule has 6 heteroatoms. The summed E-state index contributed by atoms with van der Waals surface area (Å²) < 4.78 is 16.1. The summed E-state index contributed by atoms with van der Waals surface area (Å²) in [5.74, 6) is -1.58. The Labute approximate surface area is 128 Å². The average Bonchev–Trinajstić information content (AvgIpc) is 2.51. The summed E-state index contributed by atoms with van der Waals surface area (Å²) >= 11 is 0. The molecule has 1 saturated heterocycles. The Balaban J connectivity index is 2.06. The second-order valence-electron chi connectivity index (χ2n) is 6.04. The monoisotopic (exact) mass is 308 g/mol. The molecule has 22 heavy (non-hydrogen) atoms. The van der Waals surface area contributed by atoms with Gasteiger partial charge in [-0.15, -0.1) is 0 Å². The Kier molecular flexibility index (Phi) is 3.63. The van der Waals surface area contributed by atoms with Crippen LogP contribution >= 0.6 is 0 Å². The number of aromatic hydroxyl groups is 1. The van der Waals surface area contributed by atoms with E-state index in [1.54, 1.807) is 20.1 Å². The largest absolute Gasteiger partial charge is 0.507 e. The van der Waals surface area contributed by atoms with Crippen molar-refractivity contribution >= 4 is 5.78 Å². The molecule has 0 saturated carbocycles. The van der Waals surface area contributed by atoms with Gasteiger partial charge < -0.3 is 24.4 Å². The van der Waals surface area contributed by atoms with Crippen LogP contribution in [0.3, 0.4) is 0 Å². The molecule has 4 unspecified atom stereocenters. The minimum Gasteiger partial charge on any atom is -0.507 e. The highest BCUT2D eigenvalue weighted by atomic mass is 16.7. The van der Waals surface area contributed by atoms with Gasteiger partial charge in [0.15, 0.2) is 11.6 Å². The molecule has 0 aromatic heterocycles. The molecule has 120 valence electrons. The Morgan fingerprint density at radius 2 is 2.09 bits per heavy atom. The van der Waals surface area contributed by atoms with Gasteiger partial charge in [0.2, 0.25) is 0 Å².